The number of para-hydroxylation sites is 1. The third kappa shape index (κ3) is 6.89. The van der Waals surface area contributed by atoms with Gasteiger partial charge in [0.15, 0.2) is 11.4 Å². The summed E-state index contributed by atoms with van der Waals surface area (Å²) in [6.45, 7) is 6.74. The molecule has 1 saturated heterocycles. The molecule has 1 aromatic heterocycles. The first-order valence-corrected chi connectivity index (χ1v) is 13.8. The smallest absolute Gasteiger partial charge is 0.256 e. The number of aromatic nitrogens is 2. The molecule has 202 valence electrons. The number of hydrogen-bond acceptors (Lipinski definition) is 7. The van der Waals surface area contributed by atoms with Crippen LogP contribution in [-0.2, 0) is 33.6 Å². The molecule has 0 radical (unpaired) electrons. The molecule has 2 amide bonds. The summed E-state index contributed by atoms with van der Waals surface area (Å²) in [5, 5.41) is 3.91. The molecule has 0 saturated carbocycles. The maximum absolute atomic E-state index is 14.0. The molecule has 1 atom stereocenters. The lowest BCUT2D eigenvalue weighted by molar-refractivity contribution is -0.176. The quantitative estimate of drug-likeness (QED) is 0.559. The zero-order valence-electron chi connectivity index (χ0n) is 22.2. The lowest BCUT2D eigenvalue weighted by Crippen LogP contribution is -2.62. The largest absolute Gasteiger partial charge is 0.491 e. The predicted molar refractivity (Wildman–Crippen MR) is 138 cm³/mol. The first-order chi connectivity index (χ1) is 18.0. The number of carbonyl (C=O) groups excluding carboxylic acids is 2. The van der Waals surface area contributed by atoms with E-state index in [1.54, 1.807) is 4.90 Å². The minimum Gasteiger partial charge on any atom is -0.491 e. The Hall–Kier alpha value is -2.94. The number of carbonyl (C=O) groups is 2. The van der Waals surface area contributed by atoms with Crippen LogP contribution in [0.2, 0.25) is 0 Å². The summed E-state index contributed by atoms with van der Waals surface area (Å²) in [5.74, 6) is 1.97. The van der Waals surface area contributed by atoms with Gasteiger partial charge in [0.2, 0.25) is 11.8 Å². The van der Waals surface area contributed by atoms with Gasteiger partial charge in [-0.05, 0) is 43.7 Å². The second-order valence-electron chi connectivity index (χ2n) is 9.92. The number of unbranched alkanes of at least 4 members (excludes halogenated alkanes) is 1. The van der Waals surface area contributed by atoms with Crippen LogP contribution in [0.5, 0.6) is 5.75 Å². The Morgan fingerprint density at radius 2 is 2.00 bits per heavy atom. The number of morpholine rings is 1. The van der Waals surface area contributed by atoms with Gasteiger partial charge in [-0.2, -0.15) is 4.98 Å². The van der Waals surface area contributed by atoms with Crippen molar-refractivity contribution in [2.45, 2.75) is 77.2 Å². The highest BCUT2D eigenvalue weighted by molar-refractivity contribution is 5.87. The summed E-state index contributed by atoms with van der Waals surface area (Å²) in [6, 6.07) is 8.15. The van der Waals surface area contributed by atoms with Gasteiger partial charge in [-0.1, -0.05) is 43.6 Å². The molecule has 37 heavy (non-hydrogen) atoms. The van der Waals surface area contributed by atoms with Gasteiger partial charge in [-0.15, -0.1) is 0 Å². The molecule has 4 rings (SSSR count). The van der Waals surface area contributed by atoms with Crippen LogP contribution in [0.15, 0.2) is 28.8 Å². The zero-order valence-corrected chi connectivity index (χ0v) is 22.2. The van der Waals surface area contributed by atoms with E-state index in [1.807, 2.05) is 30.0 Å². The summed E-state index contributed by atoms with van der Waals surface area (Å²) in [5.41, 5.74) is 0.164. The molecule has 3 heterocycles. The van der Waals surface area contributed by atoms with Crippen LogP contribution in [0.4, 0.5) is 0 Å². The van der Waals surface area contributed by atoms with Crippen molar-refractivity contribution >= 4 is 11.8 Å². The molecule has 1 fully saturated rings. The van der Waals surface area contributed by atoms with Crippen LogP contribution in [0.25, 0.3) is 0 Å². The highest BCUT2D eigenvalue weighted by atomic mass is 16.5. The molecule has 0 bridgehead atoms. The van der Waals surface area contributed by atoms with Crippen LogP contribution in [-0.4, -0.2) is 76.7 Å². The van der Waals surface area contributed by atoms with Crippen molar-refractivity contribution in [3.63, 3.8) is 0 Å². The average Bonchev–Trinajstić information content (AvgIpc) is 3.39. The van der Waals surface area contributed by atoms with Gasteiger partial charge in [-0.25, -0.2) is 0 Å². The fourth-order valence-corrected chi connectivity index (χ4v) is 5.09. The zero-order chi connectivity index (χ0) is 26.1. The number of rotatable bonds is 7. The van der Waals surface area contributed by atoms with E-state index in [0.717, 1.165) is 37.9 Å². The molecule has 1 unspecified atom stereocenters. The van der Waals surface area contributed by atoms with Gasteiger partial charge in [0, 0.05) is 32.4 Å². The fraction of sp³-hybridized carbons (Fsp3) is 0.643. The van der Waals surface area contributed by atoms with Crippen molar-refractivity contribution in [3.8, 4) is 5.75 Å². The first-order valence-electron chi connectivity index (χ1n) is 13.8. The van der Waals surface area contributed by atoms with E-state index in [0.29, 0.717) is 63.8 Å². The average molecular weight is 513 g/mol. The van der Waals surface area contributed by atoms with E-state index in [-0.39, 0.29) is 24.8 Å². The van der Waals surface area contributed by atoms with Crippen molar-refractivity contribution < 1.29 is 23.6 Å². The first kappa shape index (κ1) is 27.1. The molecule has 9 heteroatoms. The van der Waals surface area contributed by atoms with Gasteiger partial charge in [0.05, 0.1) is 19.7 Å². The van der Waals surface area contributed by atoms with Gasteiger partial charge < -0.3 is 23.8 Å². The standard InChI is InChI=1S/C28H40N4O5/c1-3-5-16-31-17-19-35-23-12-7-6-10-22(23)11-8-9-15-28(27(31)34)21-32(18-20-36-28)26(33)14-13-25-29-24(4-2)30-37-25/h6-7,10,12H,3-5,8-9,11,13-21H2,1-2H3. The topological polar surface area (TPSA) is 98.0 Å². The fourth-order valence-electron chi connectivity index (χ4n) is 5.09. The summed E-state index contributed by atoms with van der Waals surface area (Å²) >= 11 is 0. The van der Waals surface area contributed by atoms with E-state index >= 15 is 0 Å². The van der Waals surface area contributed by atoms with Crippen LogP contribution in [0, 0.1) is 0 Å². The molecule has 1 aromatic carbocycles. The Balaban J connectivity index is 1.48. The van der Waals surface area contributed by atoms with Crippen LogP contribution >= 0.6 is 0 Å². The van der Waals surface area contributed by atoms with Crippen molar-refractivity contribution in [2.24, 2.45) is 0 Å². The molecule has 0 N–H and O–H groups in total. The van der Waals surface area contributed by atoms with E-state index in [1.165, 1.54) is 5.56 Å². The number of nitrogens with zero attached hydrogens (tertiary/aromatic N) is 4. The van der Waals surface area contributed by atoms with Gasteiger partial charge in [0.1, 0.15) is 12.4 Å². The molecule has 0 aliphatic carbocycles. The summed E-state index contributed by atoms with van der Waals surface area (Å²) < 4.78 is 17.7. The van der Waals surface area contributed by atoms with E-state index < -0.39 is 5.60 Å². The monoisotopic (exact) mass is 512 g/mol. The highest BCUT2D eigenvalue weighted by Crippen LogP contribution is 2.30. The summed E-state index contributed by atoms with van der Waals surface area (Å²) in [7, 11) is 0. The van der Waals surface area contributed by atoms with Gasteiger partial charge in [-0.3, -0.25) is 9.59 Å². The highest BCUT2D eigenvalue weighted by Gasteiger charge is 2.46. The third-order valence-corrected chi connectivity index (χ3v) is 7.24. The normalized spacial score (nSPS) is 21.2. The van der Waals surface area contributed by atoms with Crippen molar-refractivity contribution in [2.75, 3.05) is 39.4 Å². The van der Waals surface area contributed by atoms with E-state index in [4.69, 9.17) is 14.0 Å². The second-order valence-corrected chi connectivity index (χ2v) is 9.92. The number of fused-ring (bicyclic) bond motifs is 1. The van der Waals surface area contributed by atoms with Crippen LogP contribution in [0.1, 0.15) is 69.7 Å². The molecule has 1 spiro atoms. The lowest BCUT2D eigenvalue weighted by atomic mass is 9.90. The SMILES string of the molecule is CCCCN1CCOc2ccccc2CCCCC2(CN(C(=O)CCc3nc(CC)no3)CCO2)C1=O. The Bertz CT molecular complexity index is 1040. The number of ether oxygens (including phenoxy) is 2. The Labute approximate surface area is 219 Å². The van der Waals surface area contributed by atoms with Crippen molar-refractivity contribution in [1.82, 2.24) is 19.9 Å². The second kappa shape index (κ2) is 13.0. The van der Waals surface area contributed by atoms with E-state index in [2.05, 4.69) is 23.1 Å². The van der Waals surface area contributed by atoms with E-state index in [9.17, 15) is 9.59 Å². The number of aryl methyl sites for hydroxylation is 3. The number of benzene rings is 1. The lowest BCUT2D eigenvalue weighted by Gasteiger charge is -2.44. The van der Waals surface area contributed by atoms with Crippen LogP contribution in [0.3, 0.4) is 0 Å². The molecule has 2 aliphatic heterocycles. The van der Waals surface area contributed by atoms with Crippen LogP contribution < -0.4 is 4.74 Å². The molecule has 2 aromatic rings. The number of amides is 2. The van der Waals surface area contributed by atoms with Gasteiger partial charge >= 0.3 is 0 Å². The minimum absolute atomic E-state index is 0.0183. The summed E-state index contributed by atoms with van der Waals surface area (Å²) in [4.78, 5) is 35.2. The minimum atomic E-state index is -1.03. The van der Waals surface area contributed by atoms with Crippen molar-refractivity contribution in [1.29, 1.82) is 0 Å². The molecular formula is C28H40N4O5. The number of hydrogen-bond donors (Lipinski definition) is 0. The summed E-state index contributed by atoms with van der Waals surface area (Å²) in [6.07, 6.45) is 6.45. The van der Waals surface area contributed by atoms with Crippen molar-refractivity contribution in [3.05, 3.63) is 41.5 Å². The van der Waals surface area contributed by atoms with Gasteiger partial charge in [0.25, 0.3) is 5.91 Å². The Kier molecular flexibility index (Phi) is 9.55. The molecule has 2 aliphatic rings. The maximum atomic E-state index is 14.0. The predicted octanol–water partition coefficient (Wildman–Crippen LogP) is 3.60. The molecular weight excluding hydrogens is 472 g/mol. The molecule has 9 nitrogen and oxygen atoms in total. The maximum Gasteiger partial charge on any atom is 0.256 e. The Morgan fingerprint density at radius 3 is 2.81 bits per heavy atom. The third-order valence-electron chi connectivity index (χ3n) is 7.24. The Morgan fingerprint density at radius 1 is 1.14 bits per heavy atom.